The van der Waals surface area contributed by atoms with Crippen molar-refractivity contribution in [1.82, 2.24) is 0 Å². The van der Waals surface area contributed by atoms with Gasteiger partial charge >= 0.3 is 0 Å². The second kappa shape index (κ2) is 8.65. The molecule has 0 aliphatic heterocycles. The van der Waals surface area contributed by atoms with Crippen LogP contribution in [0.1, 0.15) is 38.2 Å². The lowest BCUT2D eigenvalue weighted by atomic mass is 10.2. The van der Waals surface area contributed by atoms with Crippen LogP contribution < -0.4 is 5.01 Å². The fourth-order valence-corrected chi connectivity index (χ4v) is 3.73. The summed E-state index contributed by atoms with van der Waals surface area (Å²) in [5.41, 5.74) is 1.14. The van der Waals surface area contributed by atoms with Crippen molar-refractivity contribution in [2.45, 2.75) is 32.6 Å². The average molecular weight is 337 g/mol. The highest BCUT2D eigenvalue weighted by Gasteiger charge is 2.09. The van der Waals surface area contributed by atoms with Gasteiger partial charge in [-0.1, -0.05) is 74.7 Å². The summed E-state index contributed by atoms with van der Waals surface area (Å²) in [6, 6.07) is 21.1. The topological polar surface area (TPSA) is 15.6 Å². The Bertz CT molecular complexity index is 744. The molecule has 0 aliphatic rings. The molecule has 0 aliphatic carbocycles. The Hall–Kier alpha value is -2.13. The first kappa shape index (κ1) is 16.7. The number of thiophene rings is 1. The standard InChI is InChI=1S/C21H24N2S/c1-2-3-4-10-15-23(22-17-18-11-6-5-7-12-18)21-16-19-13-8-9-14-20(19)24-21/h5-9,11-14,16-17H,2-4,10,15H2,1H3/b22-17+. The van der Waals surface area contributed by atoms with E-state index in [4.69, 9.17) is 5.10 Å². The van der Waals surface area contributed by atoms with Crippen molar-refractivity contribution in [2.75, 3.05) is 11.6 Å². The number of fused-ring (bicyclic) bond motifs is 1. The molecule has 0 saturated carbocycles. The maximum Gasteiger partial charge on any atom is 0.113 e. The molecule has 2 aromatic carbocycles. The van der Waals surface area contributed by atoms with Gasteiger partial charge in [0.2, 0.25) is 0 Å². The first-order valence-electron chi connectivity index (χ1n) is 8.72. The zero-order chi connectivity index (χ0) is 16.6. The quantitative estimate of drug-likeness (QED) is 0.267. The number of benzene rings is 2. The molecule has 0 amide bonds. The molecular formula is C21H24N2S. The van der Waals surface area contributed by atoms with Crippen molar-refractivity contribution in [2.24, 2.45) is 5.10 Å². The van der Waals surface area contributed by atoms with Crippen LogP contribution in [-0.4, -0.2) is 12.8 Å². The highest BCUT2D eigenvalue weighted by atomic mass is 32.1. The van der Waals surface area contributed by atoms with Crippen molar-refractivity contribution in [3.05, 3.63) is 66.2 Å². The second-order valence-corrected chi connectivity index (χ2v) is 7.02. The smallest absolute Gasteiger partial charge is 0.113 e. The predicted molar refractivity (Wildman–Crippen MR) is 107 cm³/mol. The van der Waals surface area contributed by atoms with Crippen LogP contribution in [0.5, 0.6) is 0 Å². The molecule has 0 atom stereocenters. The van der Waals surface area contributed by atoms with Crippen molar-refractivity contribution in [1.29, 1.82) is 0 Å². The Morgan fingerprint density at radius 1 is 0.958 bits per heavy atom. The van der Waals surface area contributed by atoms with Crippen LogP contribution in [0.3, 0.4) is 0 Å². The van der Waals surface area contributed by atoms with Gasteiger partial charge < -0.3 is 0 Å². The fourth-order valence-electron chi connectivity index (χ4n) is 2.68. The fraction of sp³-hybridized carbons (Fsp3) is 0.286. The zero-order valence-electron chi connectivity index (χ0n) is 14.2. The maximum atomic E-state index is 4.78. The molecule has 0 spiro atoms. The minimum Gasteiger partial charge on any atom is -0.255 e. The first-order valence-corrected chi connectivity index (χ1v) is 9.53. The predicted octanol–water partition coefficient (Wildman–Crippen LogP) is 6.32. The largest absolute Gasteiger partial charge is 0.255 e. The highest BCUT2D eigenvalue weighted by Crippen LogP contribution is 2.32. The van der Waals surface area contributed by atoms with E-state index in [2.05, 4.69) is 54.4 Å². The third-order valence-electron chi connectivity index (χ3n) is 4.04. The number of hydrogen-bond donors (Lipinski definition) is 0. The third kappa shape index (κ3) is 4.45. The average Bonchev–Trinajstić information content (AvgIpc) is 3.06. The van der Waals surface area contributed by atoms with Crippen LogP contribution in [-0.2, 0) is 0 Å². The van der Waals surface area contributed by atoms with Gasteiger partial charge in [0.25, 0.3) is 0 Å². The Labute approximate surface area is 148 Å². The lowest BCUT2D eigenvalue weighted by molar-refractivity contribution is 0.653. The van der Waals surface area contributed by atoms with Gasteiger partial charge in [0.05, 0.1) is 6.21 Å². The van der Waals surface area contributed by atoms with Gasteiger partial charge in [-0.25, -0.2) is 0 Å². The number of hydrogen-bond acceptors (Lipinski definition) is 3. The third-order valence-corrected chi connectivity index (χ3v) is 5.17. The lowest BCUT2D eigenvalue weighted by Gasteiger charge is -2.16. The van der Waals surface area contributed by atoms with E-state index in [-0.39, 0.29) is 0 Å². The van der Waals surface area contributed by atoms with Crippen molar-refractivity contribution in [3.63, 3.8) is 0 Å². The Morgan fingerprint density at radius 2 is 1.75 bits per heavy atom. The first-order chi connectivity index (χ1) is 11.9. The van der Waals surface area contributed by atoms with E-state index in [9.17, 15) is 0 Å². The molecule has 24 heavy (non-hydrogen) atoms. The van der Waals surface area contributed by atoms with Crippen LogP contribution in [0.4, 0.5) is 5.00 Å². The van der Waals surface area contributed by atoms with E-state index in [1.54, 1.807) is 0 Å². The number of unbranched alkanes of at least 4 members (excludes halogenated alkanes) is 3. The molecule has 124 valence electrons. The van der Waals surface area contributed by atoms with Gasteiger partial charge in [-0.15, -0.1) is 11.3 Å². The molecule has 0 radical (unpaired) electrons. The summed E-state index contributed by atoms with van der Waals surface area (Å²) in [4.78, 5) is 0. The van der Waals surface area contributed by atoms with E-state index in [0.29, 0.717) is 0 Å². The molecule has 3 heteroatoms. The minimum absolute atomic E-state index is 0.968. The van der Waals surface area contributed by atoms with E-state index in [1.807, 2.05) is 35.8 Å². The summed E-state index contributed by atoms with van der Waals surface area (Å²) >= 11 is 1.82. The summed E-state index contributed by atoms with van der Waals surface area (Å²) in [6.45, 7) is 3.22. The minimum atomic E-state index is 0.968. The van der Waals surface area contributed by atoms with Gasteiger partial charge in [-0.05, 0) is 29.5 Å². The Balaban J connectivity index is 1.79. The molecule has 3 aromatic rings. The van der Waals surface area contributed by atoms with Gasteiger partial charge in [-0.3, -0.25) is 5.01 Å². The van der Waals surface area contributed by atoms with Crippen LogP contribution in [0.15, 0.2) is 65.8 Å². The van der Waals surface area contributed by atoms with Crippen LogP contribution in [0.25, 0.3) is 10.1 Å². The summed E-state index contributed by atoms with van der Waals surface area (Å²) in [7, 11) is 0. The molecule has 0 bridgehead atoms. The van der Waals surface area contributed by atoms with Gasteiger partial charge in [-0.2, -0.15) is 5.10 Å². The summed E-state index contributed by atoms with van der Waals surface area (Å²) in [6.07, 6.45) is 6.95. The molecule has 3 rings (SSSR count). The van der Waals surface area contributed by atoms with Crippen molar-refractivity contribution < 1.29 is 0 Å². The lowest BCUT2D eigenvalue weighted by Crippen LogP contribution is -2.16. The second-order valence-electron chi connectivity index (χ2n) is 5.96. The van der Waals surface area contributed by atoms with Crippen molar-refractivity contribution in [3.8, 4) is 0 Å². The van der Waals surface area contributed by atoms with E-state index in [0.717, 1.165) is 12.1 Å². The number of rotatable bonds is 8. The van der Waals surface area contributed by atoms with Gasteiger partial charge in [0.1, 0.15) is 5.00 Å². The molecule has 0 unspecified atom stereocenters. The van der Waals surface area contributed by atoms with E-state index < -0.39 is 0 Å². The maximum absolute atomic E-state index is 4.78. The van der Waals surface area contributed by atoms with Crippen molar-refractivity contribution >= 4 is 32.6 Å². The van der Waals surface area contributed by atoms with E-state index in [1.165, 1.54) is 40.8 Å². The molecule has 0 saturated heterocycles. The number of nitrogens with zero attached hydrogens (tertiary/aromatic N) is 2. The summed E-state index contributed by atoms with van der Waals surface area (Å²) in [5.74, 6) is 0. The molecule has 1 aromatic heterocycles. The highest BCUT2D eigenvalue weighted by molar-refractivity contribution is 7.22. The molecule has 0 fully saturated rings. The van der Waals surface area contributed by atoms with E-state index >= 15 is 0 Å². The molecule has 0 N–H and O–H groups in total. The molecular weight excluding hydrogens is 312 g/mol. The molecule has 2 nitrogen and oxygen atoms in total. The summed E-state index contributed by atoms with van der Waals surface area (Å²) in [5, 5.41) is 9.46. The summed E-state index contributed by atoms with van der Waals surface area (Å²) < 4.78 is 1.32. The monoisotopic (exact) mass is 336 g/mol. The van der Waals surface area contributed by atoms with Gasteiger partial charge in [0, 0.05) is 11.2 Å². The zero-order valence-corrected chi connectivity index (χ0v) is 15.0. The Kier molecular flexibility index (Phi) is 6.02. The Morgan fingerprint density at radius 3 is 2.54 bits per heavy atom. The van der Waals surface area contributed by atoms with Crippen LogP contribution >= 0.6 is 11.3 Å². The van der Waals surface area contributed by atoms with Crippen LogP contribution in [0, 0.1) is 0 Å². The SMILES string of the molecule is CCCCCCN(/N=C/c1ccccc1)c1cc2ccccc2s1. The number of anilines is 1. The van der Waals surface area contributed by atoms with Gasteiger partial charge in [0.15, 0.2) is 0 Å². The molecule has 1 heterocycles. The van der Waals surface area contributed by atoms with Crippen LogP contribution in [0.2, 0.25) is 0 Å². The normalized spacial score (nSPS) is 11.4. The number of hydrazone groups is 1.